The number of benzene rings is 1. The van der Waals surface area contributed by atoms with Gasteiger partial charge in [-0.1, -0.05) is 0 Å². The maximum atomic E-state index is 13.2. The van der Waals surface area contributed by atoms with Gasteiger partial charge in [-0.15, -0.1) is 0 Å². The number of carbonyl (C=O) groups is 1. The number of methoxy groups -OCH3 is 2. The van der Waals surface area contributed by atoms with Crippen molar-refractivity contribution in [3.05, 3.63) is 54.4 Å². The molecule has 31 heavy (non-hydrogen) atoms. The zero-order valence-electron chi connectivity index (χ0n) is 17.9. The first-order chi connectivity index (χ1) is 14.5. The molecule has 3 rings (SSSR count). The lowest BCUT2D eigenvalue weighted by molar-refractivity contribution is -0.148. The van der Waals surface area contributed by atoms with Crippen LogP contribution in [-0.4, -0.2) is 43.2 Å². The van der Waals surface area contributed by atoms with E-state index in [4.69, 9.17) is 14.2 Å². The summed E-state index contributed by atoms with van der Waals surface area (Å²) >= 11 is 0. The molecule has 9 heteroatoms. The molecule has 0 unspecified atom stereocenters. The average Bonchev–Trinajstić information content (AvgIpc) is 3.14. The molecule has 0 aliphatic heterocycles. The van der Waals surface area contributed by atoms with E-state index in [-0.39, 0.29) is 10.5 Å². The molecule has 0 aliphatic rings. The zero-order chi connectivity index (χ0) is 22.8. The molecule has 0 radical (unpaired) electrons. The van der Waals surface area contributed by atoms with Crippen LogP contribution in [0.3, 0.4) is 0 Å². The first kappa shape index (κ1) is 22.4. The second-order valence-corrected chi connectivity index (χ2v) is 9.50. The number of aromatic nitrogens is 2. The van der Waals surface area contributed by atoms with Crippen LogP contribution in [-0.2, 0) is 19.6 Å². The van der Waals surface area contributed by atoms with Gasteiger partial charge in [0.25, 0.3) is 10.0 Å². The van der Waals surface area contributed by atoms with Gasteiger partial charge in [-0.3, -0.25) is 0 Å². The third-order valence-corrected chi connectivity index (χ3v) is 5.91. The summed E-state index contributed by atoms with van der Waals surface area (Å²) in [6.07, 6.45) is 5.81. The molecule has 0 fully saturated rings. The van der Waals surface area contributed by atoms with Gasteiger partial charge in [0.15, 0.2) is 17.1 Å². The van der Waals surface area contributed by atoms with Gasteiger partial charge in [-0.25, -0.2) is 22.2 Å². The van der Waals surface area contributed by atoms with Crippen molar-refractivity contribution < 1.29 is 27.4 Å². The monoisotopic (exact) mass is 444 g/mol. The molecule has 3 aromatic rings. The van der Waals surface area contributed by atoms with Crippen LogP contribution in [0.1, 0.15) is 26.3 Å². The van der Waals surface area contributed by atoms with Crippen LogP contribution in [0.5, 0.6) is 11.5 Å². The van der Waals surface area contributed by atoms with Crippen molar-refractivity contribution in [1.29, 1.82) is 0 Å². The Labute approximate surface area is 181 Å². The van der Waals surface area contributed by atoms with Gasteiger partial charge < -0.3 is 14.2 Å². The summed E-state index contributed by atoms with van der Waals surface area (Å²) in [4.78, 5) is 16.2. The quantitative estimate of drug-likeness (QED) is 0.423. The van der Waals surface area contributed by atoms with Crippen molar-refractivity contribution >= 4 is 33.1 Å². The fourth-order valence-corrected chi connectivity index (χ4v) is 4.22. The Hall–Kier alpha value is -3.33. The molecular weight excluding hydrogens is 420 g/mol. The summed E-state index contributed by atoms with van der Waals surface area (Å²) in [6.45, 7) is 5.36. The van der Waals surface area contributed by atoms with Crippen molar-refractivity contribution in [2.45, 2.75) is 31.3 Å². The van der Waals surface area contributed by atoms with E-state index in [1.165, 1.54) is 50.9 Å². The lowest BCUT2D eigenvalue weighted by Crippen LogP contribution is -2.22. The third-order valence-electron chi connectivity index (χ3n) is 4.24. The van der Waals surface area contributed by atoms with Crippen LogP contribution in [0.2, 0.25) is 0 Å². The van der Waals surface area contributed by atoms with E-state index in [9.17, 15) is 13.2 Å². The normalized spacial score (nSPS) is 12.3. The predicted octanol–water partition coefficient (Wildman–Crippen LogP) is 3.65. The van der Waals surface area contributed by atoms with Gasteiger partial charge in [0.05, 0.1) is 19.1 Å². The number of hydrogen-bond acceptors (Lipinski definition) is 7. The number of carbonyl (C=O) groups excluding carboxylic acids is 1. The topological polar surface area (TPSA) is 96.7 Å². The predicted molar refractivity (Wildman–Crippen MR) is 117 cm³/mol. The van der Waals surface area contributed by atoms with Crippen LogP contribution < -0.4 is 9.47 Å². The minimum Gasteiger partial charge on any atom is -0.493 e. The molecule has 0 saturated carbocycles. The van der Waals surface area contributed by atoms with Crippen LogP contribution in [0.25, 0.3) is 17.1 Å². The molecular formula is C22H24N2O6S. The van der Waals surface area contributed by atoms with Gasteiger partial charge >= 0.3 is 5.97 Å². The second-order valence-electron chi connectivity index (χ2n) is 7.68. The van der Waals surface area contributed by atoms with Crippen LogP contribution in [0.4, 0.5) is 0 Å². The highest BCUT2D eigenvalue weighted by atomic mass is 32.2. The fraction of sp³-hybridized carbons (Fsp3) is 0.273. The van der Waals surface area contributed by atoms with Gasteiger partial charge in [-0.2, -0.15) is 0 Å². The van der Waals surface area contributed by atoms with Crippen molar-refractivity contribution in [1.82, 2.24) is 8.96 Å². The molecule has 8 nitrogen and oxygen atoms in total. The van der Waals surface area contributed by atoms with E-state index < -0.39 is 21.6 Å². The Morgan fingerprint density at radius 2 is 1.77 bits per heavy atom. The van der Waals surface area contributed by atoms with Gasteiger partial charge in [0.1, 0.15) is 5.60 Å². The lowest BCUT2D eigenvalue weighted by Gasteiger charge is -2.17. The Bertz CT molecular complexity index is 1250. The maximum absolute atomic E-state index is 13.2. The number of esters is 1. The van der Waals surface area contributed by atoms with Crippen molar-refractivity contribution in [2.24, 2.45) is 0 Å². The van der Waals surface area contributed by atoms with Crippen LogP contribution >= 0.6 is 0 Å². The zero-order valence-corrected chi connectivity index (χ0v) is 18.8. The Kier molecular flexibility index (Phi) is 6.08. The average molecular weight is 445 g/mol. The Morgan fingerprint density at radius 1 is 1.06 bits per heavy atom. The Morgan fingerprint density at radius 3 is 2.42 bits per heavy atom. The van der Waals surface area contributed by atoms with E-state index >= 15 is 0 Å². The highest BCUT2D eigenvalue weighted by molar-refractivity contribution is 7.90. The summed E-state index contributed by atoms with van der Waals surface area (Å²) in [5.41, 5.74) is 0.322. The summed E-state index contributed by atoms with van der Waals surface area (Å²) in [6, 6.07) is 7.76. The third kappa shape index (κ3) is 4.88. The molecule has 0 atom stereocenters. The van der Waals surface area contributed by atoms with Crippen molar-refractivity contribution in [3.8, 4) is 11.5 Å². The molecule has 0 bridgehead atoms. The molecule has 1 aromatic carbocycles. The summed E-state index contributed by atoms with van der Waals surface area (Å²) < 4.78 is 43.0. The minimum absolute atomic E-state index is 0.0401. The summed E-state index contributed by atoms with van der Waals surface area (Å²) in [5.74, 6) is 0.266. The molecule has 2 heterocycles. The number of ether oxygens (including phenoxy) is 3. The number of pyridine rings is 1. The SMILES string of the molecule is COc1ccc(S(=O)(=O)n2ccc3cc(/C=C/C(=O)OC(C)(C)C)cnc32)cc1OC. The van der Waals surface area contributed by atoms with Crippen molar-refractivity contribution in [2.75, 3.05) is 14.2 Å². The Balaban J connectivity index is 1.93. The first-order valence-electron chi connectivity index (χ1n) is 9.41. The van der Waals surface area contributed by atoms with Gasteiger partial charge in [0, 0.05) is 29.9 Å². The molecule has 2 aromatic heterocycles. The first-order valence-corrected chi connectivity index (χ1v) is 10.8. The molecule has 0 saturated heterocycles. The van der Waals surface area contributed by atoms with E-state index in [0.29, 0.717) is 22.4 Å². The number of hydrogen-bond donors (Lipinski definition) is 0. The van der Waals surface area contributed by atoms with E-state index in [1.54, 1.807) is 39.0 Å². The number of rotatable bonds is 6. The molecule has 0 spiro atoms. The van der Waals surface area contributed by atoms with E-state index in [0.717, 1.165) is 3.97 Å². The molecule has 0 amide bonds. The lowest BCUT2D eigenvalue weighted by atomic mass is 10.2. The second kappa shape index (κ2) is 8.43. The van der Waals surface area contributed by atoms with Gasteiger partial charge in [0.2, 0.25) is 0 Å². The number of nitrogens with zero attached hydrogens (tertiary/aromatic N) is 2. The highest BCUT2D eigenvalue weighted by Gasteiger charge is 2.22. The largest absolute Gasteiger partial charge is 0.493 e. The maximum Gasteiger partial charge on any atom is 0.331 e. The summed E-state index contributed by atoms with van der Waals surface area (Å²) in [5, 5.41) is 0.607. The minimum atomic E-state index is -3.91. The van der Waals surface area contributed by atoms with E-state index in [2.05, 4.69) is 4.98 Å². The fourth-order valence-electron chi connectivity index (χ4n) is 2.89. The standard InChI is InChI=1S/C22H24N2O6S/c1-22(2,3)30-20(25)9-6-15-12-16-10-11-24(21(16)23-14-15)31(26,27)17-7-8-18(28-4)19(13-17)29-5/h6-14H,1-5H3/b9-6+. The molecule has 0 N–H and O–H groups in total. The van der Waals surface area contributed by atoms with Crippen LogP contribution in [0, 0.1) is 0 Å². The van der Waals surface area contributed by atoms with Gasteiger partial charge in [-0.05, 0) is 56.7 Å². The smallest absolute Gasteiger partial charge is 0.331 e. The van der Waals surface area contributed by atoms with Crippen LogP contribution in [0.15, 0.2) is 53.7 Å². The molecule has 164 valence electrons. The van der Waals surface area contributed by atoms with Crippen molar-refractivity contribution in [3.63, 3.8) is 0 Å². The number of fused-ring (bicyclic) bond motifs is 1. The summed E-state index contributed by atoms with van der Waals surface area (Å²) in [7, 11) is -0.998. The van der Waals surface area contributed by atoms with E-state index in [1.807, 2.05) is 0 Å². The highest BCUT2D eigenvalue weighted by Crippen LogP contribution is 2.31. The molecule has 0 aliphatic carbocycles.